The van der Waals surface area contributed by atoms with Gasteiger partial charge in [0.25, 0.3) is 0 Å². The van der Waals surface area contributed by atoms with Crippen LogP contribution in [0.2, 0.25) is 0 Å². The third-order valence-corrected chi connectivity index (χ3v) is 2.65. The van der Waals surface area contributed by atoms with Crippen molar-refractivity contribution in [1.82, 2.24) is 15.6 Å². The molecule has 84 valence electrons. The molecule has 1 atom stereocenters. The average Bonchev–Trinajstić information content (AvgIpc) is 2.25. The zero-order chi connectivity index (χ0) is 10.4. The lowest BCUT2D eigenvalue weighted by molar-refractivity contribution is -0.125. The molecule has 4 nitrogen and oxygen atoms in total. The van der Waals surface area contributed by atoms with Crippen molar-refractivity contribution in [2.45, 2.75) is 32.7 Å². The van der Waals surface area contributed by atoms with E-state index in [1.807, 2.05) is 14.0 Å². The van der Waals surface area contributed by atoms with Crippen LogP contribution >= 0.6 is 0 Å². The Morgan fingerprint density at radius 1 is 1.36 bits per heavy atom. The molecule has 4 heteroatoms. The molecule has 14 heavy (non-hydrogen) atoms. The minimum Gasteiger partial charge on any atom is -0.380 e. The summed E-state index contributed by atoms with van der Waals surface area (Å²) in [5.74, 6) is 0. The summed E-state index contributed by atoms with van der Waals surface area (Å²) in [6, 6.07) is 0.461. The second kappa shape index (κ2) is 6.35. The zero-order valence-corrected chi connectivity index (χ0v) is 9.62. The van der Waals surface area contributed by atoms with Crippen LogP contribution in [-0.4, -0.2) is 49.5 Å². The van der Waals surface area contributed by atoms with Gasteiger partial charge in [-0.15, -0.1) is 0 Å². The van der Waals surface area contributed by atoms with Gasteiger partial charge in [-0.05, 0) is 26.7 Å². The van der Waals surface area contributed by atoms with Gasteiger partial charge >= 0.3 is 0 Å². The molecule has 1 fully saturated rings. The quantitative estimate of drug-likeness (QED) is 0.714. The van der Waals surface area contributed by atoms with Crippen molar-refractivity contribution in [2.75, 3.05) is 33.4 Å². The maximum Gasteiger partial charge on any atom is 0.0633 e. The van der Waals surface area contributed by atoms with Gasteiger partial charge in [-0.2, -0.15) is 5.12 Å². The molecule has 1 rings (SSSR count). The zero-order valence-electron chi connectivity index (χ0n) is 9.62. The van der Waals surface area contributed by atoms with Crippen LogP contribution in [-0.2, 0) is 4.74 Å². The molecule has 0 aromatic heterocycles. The monoisotopic (exact) mass is 201 g/mol. The first-order chi connectivity index (χ1) is 6.79. The summed E-state index contributed by atoms with van der Waals surface area (Å²) in [6.07, 6.45) is 2.56. The maximum absolute atomic E-state index is 5.45. The summed E-state index contributed by atoms with van der Waals surface area (Å²) >= 11 is 0. The molecule has 0 spiro atoms. The van der Waals surface area contributed by atoms with Crippen molar-refractivity contribution in [3.63, 3.8) is 0 Å². The molecule has 0 saturated carbocycles. The Morgan fingerprint density at radius 3 is 2.71 bits per heavy atom. The van der Waals surface area contributed by atoms with Crippen LogP contribution in [0.25, 0.3) is 0 Å². The molecule has 0 aromatic carbocycles. The third-order valence-electron chi connectivity index (χ3n) is 2.65. The topological polar surface area (TPSA) is 27.7 Å². The number of hydrogen-bond donors (Lipinski definition) is 1. The minimum absolute atomic E-state index is 0.461. The largest absolute Gasteiger partial charge is 0.380 e. The van der Waals surface area contributed by atoms with Crippen molar-refractivity contribution in [1.29, 1.82) is 0 Å². The maximum atomic E-state index is 5.45. The van der Waals surface area contributed by atoms with Crippen molar-refractivity contribution < 1.29 is 4.74 Å². The van der Waals surface area contributed by atoms with E-state index in [0.29, 0.717) is 6.04 Å². The Balaban J connectivity index is 2.37. The average molecular weight is 201 g/mol. The summed E-state index contributed by atoms with van der Waals surface area (Å²) in [5, 5.41) is 4.56. The highest BCUT2D eigenvalue weighted by atomic mass is 16.5. The van der Waals surface area contributed by atoms with Gasteiger partial charge in [0.1, 0.15) is 0 Å². The summed E-state index contributed by atoms with van der Waals surface area (Å²) in [5.41, 5.74) is 3.22. The van der Waals surface area contributed by atoms with Crippen molar-refractivity contribution >= 4 is 0 Å². The molecule has 1 aliphatic heterocycles. The van der Waals surface area contributed by atoms with Crippen LogP contribution in [0.1, 0.15) is 26.7 Å². The van der Waals surface area contributed by atoms with Crippen LogP contribution < -0.4 is 5.43 Å². The van der Waals surface area contributed by atoms with Gasteiger partial charge in [0.2, 0.25) is 0 Å². The van der Waals surface area contributed by atoms with E-state index in [9.17, 15) is 0 Å². The van der Waals surface area contributed by atoms with Crippen LogP contribution in [0.5, 0.6) is 0 Å². The molecule has 0 aliphatic carbocycles. The Bertz CT molecular complexity index is 154. The summed E-state index contributed by atoms with van der Waals surface area (Å²) in [7, 11) is 1.98. The van der Waals surface area contributed by atoms with E-state index in [-0.39, 0.29) is 0 Å². The molecule has 1 heterocycles. The lowest BCUT2D eigenvalue weighted by Crippen LogP contribution is -2.57. The third kappa shape index (κ3) is 3.20. The second-order valence-corrected chi connectivity index (χ2v) is 3.73. The van der Waals surface area contributed by atoms with Gasteiger partial charge in [-0.3, -0.25) is 0 Å². The standard InChI is InChI=1S/C10H23N3O/c1-4-14-9-10(2)12-7-5-6-8-13(12)11-3/h10-11H,4-9H2,1-3H3. The number of hydrogen-bond acceptors (Lipinski definition) is 4. The highest BCUT2D eigenvalue weighted by molar-refractivity contribution is 4.68. The summed E-state index contributed by atoms with van der Waals surface area (Å²) in [6.45, 7) is 8.11. The van der Waals surface area contributed by atoms with Crippen LogP contribution in [0, 0.1) is 0 Å². The molecular weight excluding hydrogens is 178 g/mol. The first kappa shape index (κ1) is 11.9. The smallest absolute Gasteiger partial charge is 0.0633 e. The fourth-order valence-corrected chi connectivity index (χ4v) is 1.86. The van der Waals surface area contributed by atoms with Crippen LogP contribution in [0.3, 0.4) is 0 Å². The first-order valence-corrected chi connectivity index (χ1v) is 5.58. The van der Waals surface area contributed by atoms with E-state index >= 15 is 0 Å². The summed E-state index contributed by atoms with van der Waals surface area (Å²) in [4.78, 5) is 0. The fourth-order valence-electron chi connectivity index (χ4n) is 1.86. The molecule has 1 N–H and O–H groups in total. The normalized spacial score (nSPS) is 22.5. The Hall–Kier alpha value is -0.160. The highest BCUT2D eigenvalue weighted by Gasteiger charge is 2.23. The van der Waals surface area contributed by atoms with E-state index in [0.717, 1.165) is 26.3 Å². The van der Waals surface area contributed by atoms with Gasteiger partial charge in [0.05, 0.1) is 6.61 Å². The van der Waals surface area contributed by atoms with Crippen molar-refractivity contribution in [2.24, 2.45) is 0 Å². The second-order valence-electron chi connectivity index (χ2n) is 3.73. The van der Waals surface area contributed by atoms with Crippen LogP contribution in [0.4, 0.5) is 0 Å². The predicted octanol–water partition coefficient (Wildman–Crippen LogP) is 0.859. The van der Waals surface area contributed by atoms with Crippen LogP contribution in [0.15, 0.2) is 0 Å². The van der Waals surface area contributed by atoms with Gasteiger partial charge in [0.15, 0.2) is 0 Å². The Morgan fingerprint density at radius 2 is 2.07 bits per heavy atom. The minimum atomic E-state index is 0.461. The lowest BCUT2D eigenvalue weighted by Gasteiger charge is -2.41. The van der Waals surface area contributed by atoms with E-state index in [4.69, 9.17) is 4.74 Å². The molecule has 1 saturated heterocycles. The van der Waals surface area contributed by atoms with E-state index in [1.54, 1.807) is 0 Å². The van der Waals surface area contributed by atoms with E-state index in [2.05, 4.69) is 22.5 Å². The molecule has 0 bridgehead atoms. The van der Waals surface area contributed by atoms with E-state index in [1.165, 1.54) is 12.8 Å². The molecular formula is C10H23N3O. The summed E-state index contributed by atoms with van der Waals surface area (Å²) < 4.78 is 5.45. The molecule has 1 aliphatic rings. The molecule has 0 amide bonds. The molecule has 0 aromatic rings. The van der Waals surface area contributed by atoms with E-state index < -0.39 is 0 Å². The number of ether oxygens (including phenoxy) is 1. The number of nitrogens with one attached hydrogen (secondary N) is 1. The van der Waals surface area contributed by atoms with Gasteiger partial charge in [-0.1, -0.05) is 0 Å². The number of hydrazine groups is 2. The SMILES string of the molecule is CCOCC(C)N1CCCCN1NC. The Labute approximate surface area is 87.1 Å². The number of nitrogens with zero attached hydrogens (tertiary/aromatic N) is 2. The predicted molar refractivity (Wildman–Crippen MR) is 57.7 cm³/mol. The first-order valence-electron chi connectivity index (χ1n) is 5.58. The van der Waals surface area contributed by atoms with Gasteiger partial charge < -0.3 is 4.74 Å². The molecule has 1 unspecified atom stereocenters. The Kier molecular flexibility index (Phi) is 5.40. The van der Waals surface area contributed by atoms with Gasteiger partial charge in [-0.25, -0.2) is 10.4 Å². The highest BCUT2D eigenvalue weighted by Crippen LogP contribution is 2.11. The fraction of sp³-hybridized carbons (Fsp3) is 1.00. The molecule has 0 radical (unpaired) electrons. The van der Waals surface area contributed by atoms with Gasteiger partial charge in [0, 0.05) is 32.8 Å². The van der Waals surface area contributed by atoms with Crippen molar-refractivity contribution in [3.05, 3.63) is 0 Å². The number of rotatable bonds is 5. The van der Waals surface area contributed by atoms with Crippen molar-refractivity contribution in [3.8, 4) is 0 Å². The lowest BCUT2D eigenvalue weighted by atomic mass is 10.2.